The van der Waals surface area contributed by atoms with Crippen LogP contribution in [0.2, 0.25) is 0 Å². The quantitative estimate of drug-likeness (QED) is 0.809. The lowest BCUT2D eigenvalue weighted by molar-refractivity contribution is 0.384. The van der Waals surface area contributed by atoms with Crippen LogP contribution in [0.25, 0.3) is 5.82 Å². The van der Waals surface area contributed by atoms with Crippen LogP contribution in [-0.4, -0.2) is 64.2 Å². The van der Waals surface area contributed by atoms with E-state index in [1.54, 1.807) is 17.6 Å². The fraction of sp³-hybridized carbons (Fsp3) is 0.533. The van der Waals surface area contributed by atoms with E-state index in [4.69, 9.17) is 0 Å². The van der Waals surface area contributed by atoms with E-state index in [0.717, 1.165) is 23.0 Å². The second kappa shape index (κ2) is 6.48. The van der Waals surface area contributed by atoms with Crippen molar-refractivity contribution in [3.8, 4) is 5.82 Å². The van der Waals surface area contributed by atoms with E-state index in [-0.39, 0.29) is 5.75 Å². The molecule has 2 aromatic heterocycles. The van der Waals surface area contributed by atoms with Gasteiger partial charge in [0.25, 0.3) is 0 Å². The molecule has 0 amide bonds. The van der Waals surface area contributed by atoms with Crippen molar-refractivity contribution in [2.45, 2.75) is 20.8 Å². The molecule has 0 aromatic carbocycles. The summed E-state index contributed by atoms with van der Waals surface area (Å²) in [6.07, 6.45) is 3.29. The summed E-state index contributed by atoms with van der Waals surface area (Å²) in [7, 11) is -3.12. The lowest BCUT2D eigenvalue weighted by Crippen LogP contribution is -2.49. The predicted molar refractivity (Wildman–Crippen MR) is 91.9 cm³/mol. The Labute approximate surface area is 142 Å². The van der Waals surface area contributed by atoms with Crippen LogP contribution >= 0.6 is 0 Å². The summed E-state index contributed by atoms with van der Waals surface area (Å²) in [5, 5.41) is 0. The van der Waals surface area contributed by atoms with E-state index < -0.39 is 10.0 Å². The minimum Gasteiger partial charge on any atom is -0.354 e. The maximum absolute atomic E-state index is 11.9. The minimum absolute atomic E-state index is 0.143. The lowest BCUT2D eigenvalue weighted by Gasteiger charge is -2.34. The Morgan fingerprint density at radius 1 is 1.04 bits per heavy atom. The van der Waals surface area contributed by atoms with Gasteiger partial charge in [-0.2, -0.15) is 4.31 Å². The first-order valence-corrected chi connectivity index (χ1v) is 9.59. The summed E-state index contributed by atoms with van der Waals surface area (Å²) in [5.41, 5.74) is 2.01. The third kappa shape index (κ3) is 3.13. The van der Waals surface area contributed by atoms with Crippen molar-refractivity contribution in [3.05, 3.63) is 30.1 Å². The predicted octanol–water partition coefficient (Wildman–Crippen LogP) is 0.751. The largest absolute Gasteiger partial charge is 0.354 e. The fourth-order valence-electron chi connectivity index (χ4n) is 2.75. The molecule has 0 radical (unpaired) electrons. The molecule has 2 aromatic rings. The Bertz CT molecular complexity index is 824. The van der Waals surface area contributed by atoms with Gasteiger partial charge in [0.15, 0.2) is 0 Å². The van der Waals surface area contributed by atoms with Crippen LogP contribution in [0, 0.1) is 13.8 Å². The highest BCUT2D eigenvalue weighted by Gasteiger charge is 2.26. The second-order valence-electron chi connectivity index (χ2n) is 5.81. The first kappa shape index (κ1) is 16.8. The number of anilines is 1. The molecule has 1 fully saturated rings. The van der Waals surface area contributed by atoms with E-state index in [2.05, 4.69) is 19.9 Å². The minimum atomic E-state index is -3.12. The smallest absolute Gasteiger partial charge is 0.213 e. The van der Waals surface area contributed by atoms with E-state index >= 15 is 0 Å². The van der Waals surface area contributed by atoms with Gasteiger partial charge in [-0.25, -0.2) is 23.4 Å². The third-order valence-corrected chi connectivity index (χ3v) is 6.34. The van der Waals surface area contributed by atoms with E-state index in [1.165, 1.54) is 6.33 Å². The monoisotopic (exact) mass is 350 g/mol. The average Bonchev–Trinajstić information content (AvgIpc) is 2.94. The first-order chi connectivity index (χ1) is 11.4. The zero-order valence-corrected chi connectivity index (χ0v) is 15.0. The number of hydrogen-bond donors (Lipinski definition) is 0. The average molecular weight is 350 g/mol. The van der Waals surface area contributed by atoms with Crippen LogP contribution in [0.5, 0.6) is 0 Å². The highest BCUT2D eigenvalue weighted by Crippen LogP contribution is 2.19. The van der Waals surface area contributed by atoms with Crippen molar-refractivity contribution < 1.29 is 8.42 Å². The van der Waals surface area contributed by atoms with Crippen LogP contribution in [0.1, 0.15) is 18.3 Å². The number of rotatable bonds is 4. The van der Waals surface area contributed by atoms with E-state index in [9.17, 15) is 8.42 Å². The maximum Gasteiger partial charge on any atom is 0.213 e. The topological polar surface area (TPSA) is 84.2 Å². The van der Waals surface area contributed by atoms with Crippen LogP contribution in [-0.2, 0) is 10.0 Å². The molecule has 3 heterocycles. The Hall–Kier alpha value is -2.00. The summed E-state index contributed by atoms with van der Waals surface area (Å²) in [6, 6.07) is 1.91. The lowest BCUT2D eigenvalue weighted by atomic mass is 10.3. The Morgan fingerprint density at radius 2 is 1.71 bits per heavy atom. The summed E-state index contributed by atoms with van der Waals surface area (Å²) < 4.78 is 27.4. The van der Waals surface area contributed by atoms with Gasteiger partial charge < -0.3 is 4.90 Å². The molecule has 0 N–H and O–H groups in total. The van der Waals surface area contributed by atoms with Crippen molar-refractivity contribution in [3.63, 3.8) is 0 Å². The summed E-state index contributed by atoms with van der Waals surface area (Å²) in [4.78, 5) is 15.1. The van der Waals surface area contributed by atoms with Crippen LogP contribution in [0.3, 0.4) is 0 Å². The van der Waals surface area contributed by atoms with Crippen molar-refractivity contribution in [1.29, 1.82) is 0 Å². The maximum atomic E-state index is 11.9. The molecule has 130 valence electrons. The highest BCUT2D eigenvalue weighted by atomic mass is 32.2. The molecule has 1 aliphatic heterocycles. The highest BCUT2D eigenvalue weighted by molar-refractivity contribution is 7.89. The van der Waals surface area contributed by atoms with E-state index in [1.807, 2.05) is 24.5 Å². The number of imidazole rings is 1. The number of aryl methyl sites for hydroxylation is 1. The van der Waals surface area contributed by atoms with Gasteiger partial charge in [0.05, 0.1) is 11.4 Å². The van der Waals surface area contributed by atoms with Crippen molar-refractivity contribution in [2.75, 3.05) is 36.8 Å². The molecule has 0 saturated carbocycles. The zero-order chi connectivity index (χ0) is 17.3. The Morgan fingerprint density at radius 3 is 2.29 bits per heavy atom. The van der Waals surface area contributed by atoms with E-state index in [0.29, 0.717) is 26.2 Å². The number of hydrogen-bond acceptors (Lipinski definition) is 6. The van der Waals surface area contributed by atoms with Gasteiger partial charge in [0.2, 0.25) is 10.0 Å². The van der Waals surface area contributed by atoms with Gasteiger partial charge in [-0.1, -0.05) is 0 Å². The molecule has 0 unspecified atom stereocenters. The molecule has 0 spiro atoms. The van der Waals surface area contributed by atoms with Crippen LogP contribution in [0.4, 0.5) is 5.82 Å². The molecule has 24 heavy (non-hydrogen) atoms. The molecular weight excluding hydrogens is 328 g/mol. The normalized spacial score (nSPS) is 16.5. The Kier molecular flexibility index (Phi) is 4.55. The SMILES string of the molecule is CCS(=O)(=O)N1CCN(c2cc(-n3cnc(C)c3C)ncn2)CC1. The summed E-state index contributed by atoms with van der Waals surface area (Å²) in [5.74, 6) is 1.71. The number of sulfonamides is 1. The molecule has 8 nitrogen and oxygen atoms in total. The van der Waals surface area contributed by atoms with Gasteiger partial charge in [-0.3, -0.25) is 4.57 Å². The molecule has 3 rings (SSSR count). The van der Waals surface area contributed by atoms with Crippen molar-refractivity contribution in [1.82, 2.24) is 23.8 Å². The van der Waals surface area contributed by atoms with Crippen LogP contribution < -0.4 is 4.90 Å². The van der Waals surface area contributed by atoms with Gasteiger partial charge in [-0.15, -0.1) is 0 Å². The van der Waals surface area contributed by atoms with Gasteiger partial charge >= 0.3 is 0 Å². The van der Waals surface area contributed by atoms with Gasteiger partial charge in [0, 0.05) is 37.9 Å². The molecule has 1 aliphatic rings. The summed E-state index contributed by atoms with van der Waals surface area (Å²) in [6.45, 7) is 7.85. The Balaban J connectivity index is 1.78. The zero-order valence-electron chi connectivity index (χ0n) is 14.2. The molecule has 0 bridgehead atoms. The standard InChI is InChI=1S/C15H22N6O2S/c1-4-24(22,23)20-7-5-19(6-8-20)14-9-15(17-10-16-14)21-11-18-12(2)13(21)3/h9-11H,4-8H2,1-3H3. The summed E-state index contributed by atoms with van der Waals surface area (Å²) >= 11 is 0. The molecular formula is C15H22N6O2S. The van der Waals surface area contributed by atoms with Crippen LogP contribution in [0.15, 0.2) is 18.7 Å². The van der Waals surface area contributed by atoms with Gasteiger partial charge in [0.1, 0.15) is 24.3 Å². The number of aromatic nitrogens is 4. The molecule has 0 atom stereocenters. The van der Waals surface area contributed by atoms with Crippen molar-refractivity contribution in [2.24, 2.45) is 0 Å². The third-order valence-electron chi connectivity index (χ3n) is 4.46. The second-order valence-corrected chi connectivity index (χ2v) is 8.06. The number of nitrogens with zero attached hydrogens (tertiary/aromatic N) is 6. The molecule has 9 heteroatoms. The number of piperazine rings is 1. The fourth-order valence-corrected chi connectivity index (χ4v) is 3.83. The molecule has 1 saturated heterocycles. The molecule has 0 aliphatic carbocycles. The van der Waals surface area contributed by atoms with Gasteiger partial charge in [-0.05, 0) is 20.8 Å². The van der Waals surface area contributed by atoms with Crippen molar-refractivity contribution >= 4 is 15.8 Å². The first-order valence-electron chi connectivity index (χ1n) is 7.98.